The Hall–Kier alpha value is -2.58. The molecular formula is C21H26F3N5O. The normalized spacial score (nSPS) is 24.5. The number of amides is 1. The molecular weight excluding hydrogens is 395 g/mol. The summed E-state index contributed by atoms with van der Waals surface area (Å²) in [7, 11) is 0. The topological polar surface area (TPSA) is 63.1 Å². The molecule has 4 rings (SSSR count). The van der Waals surface area contributed by atoms with Crippen molar-refractivity contribution in [1.29, 1.82) is 0 Å². The number of aromatic nitrogens is 3. The molecule has 1 unspecified atom stereocenters. The fourth-order valence-corrected chi connectivity index (χ4v) is 4.36. The summed E-state index contributed by atoms with van der Waals surface area (Å²) in [5.74, 6) is 0.286. The van der Waals surface area contributed by atoms with Crippen LogP contribution in [-0.4, -0.2) is 44.3 Å². The van der Waals surface area contributed by atoms with Gasteiger partial charge in [0.1, 0.15) is 5.82 Å². The summed E-state index contributed by atoms with van der Waals surface area (Å²) < 4.78 is 42.4. The number of hydrogen-bond acceptors (Lipinski definition) is 4. The van der Waals surface area contributed by atoms with E-state index in [9.17, 15) is 18.0 Å². The van der Waals surface area contributed by atoms with Gasteiger partial charge in [-0.15, -0.1) is 0 Å². The highest BCUT2D eigenvalue weighted by atomic mass is 19.4. The summed E-state index contributed by atoms with van der Waals surface area (Å²) in [6, 6.07) is 2.71. The van der Waals surface area contributed by atoms with Crippen molar-refractivity contribution >= 4 is 11.7 Å². The Bertz CT molecular complexity index is 896. The van der Waals surface area contributed by atoms with Crippen LogP contribution in [-0.2, 0) is 0 Å². The molecule has 2 aliphatic heterocycles. The first-order valence-corrected chi connectivity index (χ1v) is 10.4. The van der Waals surface area contributed by atoms with E-state index < -0.39 is 12.2 Å². The fourth-order valence-electron chi connectivity index (χ4n) is 4.36. The number of rotatable bonds is 3. The van der Waals surface area contributed by atoms with Gasteiger partial charge in [0.15, 0.2) is 6.04 Å². The van der Waals surface area contributed by atoms with Gasteiger partial charge in [-0.2, -0.15) is 18.3 Å². The molecule has 1 N–H and O–H groups in total. The first-order chi connectivity index (χ1) is 14.3. The van der Waals surface area contributed by atoms with E-state index in [0.717, 1.165) is 17.5 Å². The quantitative estimate of drug-likeness (QED) is 0.788. The van der Waals surface area contributed by atoms with Crippen molar-refractivity contribution in [3.8, 4) is 0 Å². The Balaban J connectivity index is 1.67. The lowest BCUT2D eigenvalue weighted by Gasteiger charge is -2.35. The predicted molar refractivity (Wildman–Crippen MR) is 106 cm³/mol. The van der Waals surface area contributed by atoms with Gasteiger partial charge >= 0.3 is 6.18 Å². The zero-order valence-electron chi connectivity index (χ0n) is 17.1. The Morgan fingerprint density at radius 2 is 1.97 bits per heavy atom. The van der Waals surface area contributed by atoms with Crippen LogP contribution in [0.1, 0.15) is 67.7 Å². The second-order valence-corrected chi connectivity index (χ2v) is 8.43. The number of anilines is 1. The Morgan fingerprint density at radius 3 is 2.63 bits per heavy atom. The van der Waals surface area contributed by atoms with Crippen molar-refractivity contribution in [1.82, 2.24) is 19.7 Å². The van der Waals surface area contributed by atoms with E-state index in [0.29, 0.717) is 30.0 Å². The number of alkyl halides is 3. The van der Waals surface area contributed by atoms with Gasteiger partial charge < -0.3 is 10.2 Å². The summed E-state index contributed by atoms with van der Waals surface area (Å²) in [5, 5.41) is 7.59. The molecule has 2 aliphatic rings. The van der Waals surface area contributed by atoms with Gasteiger partial charge in [-0.1, -0.05) is 13.8 Å². The molecule has 0 spiro atoms. The summed E-state index contributed by atoms with van der Waals surface area (Å²) in [6.45, 7) is 4.38. The maximum atomic E-state index is 13.8. The average Bonchev–Trinajstić information content (AvgIpc) is 3.16. The van der Waals surface area contributed by atoms with Crippen LogP contribution >= 0.6 is 0 Å². The van der Waals surface area contributed by atoms with E-state index in [1.54, 1.807) is 35.5 Å². The number of nitrogens with one attached hydrogen (secondary N) is 1. The smallest absolute Gasteiger partial charge is 0.367 e. The number of likely N-dealkylation sites (tertiary alicyclic amines) is 1. The van der Waals surface area contributed by atoms with Gasteiger partial charge in [0.25, 0.3) is 5.91 Å². The fraction of sp³-hybridized carbons (Fsp3) is 0.571. The summed E-state index contributed by atoms with van der Waals surface area (Å²) in [4.78, 5) is 18.7. The van der Waals surface area contributed by atoms with Gasteiger partial charge in [-0.05, 0) is 43.7 Å². The van der Waals surface area contributed by atoms with Crippen LogP contribution in [0.5, 0.6) is 0 Å². The second-order valence-electron chi connectivity index (χ2n) is 8.43. The number of piperidine rings is 1. The van der Waals surface area contributed by atoms with Crippen LogP contribution in [0, 0.1) is 5.92 Å². The highest BCUT2D eigenvalue weighted by Crippen LogP contribution is 2.42. The first kappa shape index (κ1) is 20.7. The molecule has 3 atom stereocenters. The lowest BCUT2D eigenvalue weighted by molar-refractivity contribution is -0.174. The summed E-state index contributed by atoms with van der Waals surface area (Å²) >= 11 is 0. The third-order valence-corrected chi connectivity index (χ3v) is 6.08. The molecule has 9 heteroatoms. The molecule has 6 nitrogen and oxygen atoms in total. The van der Waals surface area contributed by atoms with Crippen LogP contribution < -0.4 is 5.32 Å². The number of hydrogen-bond donors (Lipinski definition) is 1. The third kappa shape index (κ3) is 3.89. The molecule has 1 fully saturated rings. The van der Waals surface area contributed by atoms with E-state index >= 15 is 0 Å². The van der Waals surface area contributed by atoms with Crippen molar-refractivity contribution in [2.45, 2.75) is 63.8 Å². The Kier molecular flexibility index (Phi) is 5.46. The summed E-state index contributed by atoms with van der Waals surface area (Å²) in [5.41, 5.74) is 1.03. The lowest BCUT2D eigenvalue weighted by Crippen LogP contribution is -2.41. The molecule has 162 valence electrons. The Morgan fingerprint density at radius 1 is 1.23 bits per heavy atom. The maximum absolute atomic E-state index is 13.8. The van der Waals surface area contributed by atoms with Crippen molar-refractivity contribution in [3.63, 3.8) is 0 Å². The minimum atomic E-state index is -4.38. The SMILES string of the molecule is CC(C)[C@@H]1C[C@H](C(F)(F)F)n2nc(C3CCCCN3C(=O)c3ccncc3)cc2N1. The van der Waals surface area contributed by atoms with E-state index in [4.69, 9.17) is 0 Å². The van der Waals surface area contributed by atoms with Crippen molar-refractivity contribution < 1.29 is 18.0 Å². The van der Waals surface area contributed by atoms with E-state index in [2.05, 4.69) is 15.4 Å². The lowest BCUT2D eigenvalue weighted by atomic mass is 9.94. The van der Waals surface area contributed by atoms with Crippen LogP contribution in [0.4, 0.5) is 19.0 Å². The largest absolute Gasteiger partial charge is 0.410 e. The number of pyridine rings is 1. The molecule has 0 aromatic carbocycles. The molecule has 2 aromatic heterocycles. The molecule has 30 heavy (non-hydrogen) atoms. The molecule has 1 saturated heterocycles. The molecule has 1 amide bonds. The van der Waals surface area contributed by atoms with Crippen molar-refractivity contribution in [2.75, 3.05) is 11.9 Å². The molecule has 4 heterocycles. The third-order valence-electron chi connectivity index (χ3n) is 6.08. The van der Waals surface area contributed by atoms with E-state index in [-0.39, 0.29) is 30.3 Å². The van der Waals surface area contributed by atoms with Crippen molar-refractivity contribution in [2.24, 2.45) is 5.92 Å². The van der Waals surface area contributed by atoms with Gasteiger partial charge in [0.2, 0.25) is 0 Å². The number of halogens is 3. The maximum Gasteiger partial charge on any atom is 0.410 e. The van der Waals surface area contributed by atoms with Crippen molar-refractivity contribution in [3.05, 3.63) is 41.9 Å². The highest BCUT2D eigenvalue weighted by Gasteiger charge is 2.47. The zero-order valence-corrected chi connectivity index (χ0v) is 17.1. The standard InChI is InChI=1S/C21H26F3N5O/c1-13(2)15-11-18(21(22,23)24)29-19(26-15)12-16(27-29)17-5-3-4-10-28(17)20(30)14-6-8-25-9-7-14/h6-9,12-13,15,17-18,26H,3-5,10-11H2,1-2H3/t15-,17?,18+/m0/s1. The molecule has 0 radical (unpaired) electrons. The van der Waals surface area contributed by atoms with Gasteiger partial charge in [-0.25, -0.2) is 4.68 Å². The summed E-state index contributed by atoms with van der Waals surface area (Å²) in [6.07, 6.45) is 1.12. The monoisotopic (exact) mass is 421 g/mol. The number of nitrogens with zero attached hydrogens (tertiary/aromatic N) is 4. The molecule has 0 bridgehead atoms. The molecule has 0 saturated carbocycles. The number of carbonyl (C=O) groups is 1. The Labute approximate surface area is 173 Å². The average molecular weight is 421 g/mol. The number of fused-ring (bicyclic) bond motifs is 1. The number of carbonyl (C=O) groups excluding carboxylic acids is 1. The highest BCUT2D eigenvalue weighted by molar-refractivity contribution is 5.94. The minimum Gasteiger partial charge on any atom is -0.367 e. The van der Waals surface area contributed by atoms with Gasteiger partial charge in [-0.3, -0.25) is 9.78 Å². The van der Waals surface area contributed by atoms with Gasteiger partial charge in [0, 0.05) is 36.6 Å². The van der Waals surface area contributed by atoms with Crippen LogP contribution in [0.25, 0.3) is 0 Å². The van der Waals surface area contributed by atoms with Crippen LogP contribution in [0.3, 0.4) is 0 Å². The minimum absolute atomic E-state index is 0.0559. The molecule has 0 aliphatic carbocycles. The van der Waals surface area contributed by atoms with Gasteiger partial charge in [0.05, 0.1) is 11.7 Å². The van der Waals surface area contributed by atoms with Crippen LogP contribution in [0.2, 0.25) is 0 Å². The van der Waals surface area contributed by atoms with Crippen LogP contribution in [0.15, 0.2) is 30.6 Å². The van der Waals surface area contributed by atoms with E-state index in [1.807, 2.05) is 13.8 Å². The predicted octanol–water partition coefficient (Wildman–Crippen LogP) is 4.59. The molecule has 2 aromatic rings. The second kappa shape index (κ2) is 7.92. The van der Waals surface area contributed by atoms with E-state index in [1.165, 1.54) is 0 Å². The first-order valence-electron chi connectivity index (χ1n) is 10.4. The zero-order chi connectivity index (χ0) is 21.5.